The van der Waals surface area contributed by atoms with Crippen molar-refractivity contribution in [3.63, 3.8) is 0 Å². The molecule has 0 aromatic carbocycles. The van der Waals surface area contributed by atoms with E-state index in [1.165, 1.54) is 0 Å². The van der Waals surface area contributed by atoms with Gasteiger partial charge in [-0.05, 0) is 12.8 Å². The van der Waals surface area contributed by atoms with Gasteiger partial charge in [0.05, 0.1) is 19.1 Å². The lowest BCUT2D eigenvalue weighted by Crippen LogP contribution is -2.58. The van der Waals surface area contributed by atoms with Crippen LogP contribution < -0.4 is 11.1 Å². The Labute approximate surface area is 113 Å². The highest BCUT2D eigenvalue weighted by atomic mass is 16.5. The molecule has 1 saturated heterocycles. The van der Waals surface area contributed by atoms with Crippen molar-refractivity contribution in [3.8, 4) is 0 Å². The van der Waals surface area contributed by atoms with Crippen LogP contribution in [0.1, 0.15) is 25.7 Å². The fraction of sp³-hybridized carbons (Fsp3) is 0.846. The number of carbonyl (C=O) groups is 2. The fourth-order valence-electron chi connectivity index (χ4n) is 2.93. The van der Waals surface area contributed by atoms with Gasteiger partial charge in [0.15, 0.2) is 0 Å². The molecule has 0 aromatic heterocycles. The molecule has 0 spiro atoms. The number of ether oxygens (including phenoxy) is 1. The van der Waals surface area contributed by atoms with Crippen LogP contribution in [0.3, 0.4) is 0 Å². The first kappa shape index (κ1) is 14.3. The first-order chi connectivity index (χ1) is 9.15. The molecule has 1 aliphatic heterocycles. The van der Waals surface area contributed by atoms with Gasteiger partial charge in [0.2, 0.25) is 11.8 Å². The van der Waals surface area contributed by atoms with Crippen molar-refractivity contribution in [1.82, 2.24) is 10.2 Å². The van der Waals surface area contributed by atoms with Crippen LogP contribution in [0.15, 0.2) is 0 Å². The highest BCUT2D eigenvalue weighted by Crippen LogP contribution is 2.26. The summed E-state index contributed by atoms with van der Waals surface area (Å²) in [6, 6.07) is -0.588. The SMILES string of the molecule is CNC(=O)C1COCCN1C(=O)C1CCCCC1N. The lowest BCUT2D eigenvalue weighted by Gasteiger charge is -2.38. The number of amides is 2. The molecule has 2 rings (SSSR count). The smallest absolute Gasteiger partial charge is 0.244 e. The van der Waals surface area contributed by atoms with Crippen molar-refractivity contribution in [2.24, 2.45) is 11.7 Å². The van der Waals surface area contributed by atoms with Crippen LogP contribution in [-0.4, -0.2) is 55.6 Å². The molecule has 2 amide bonds. The number of hydrogen-bond donors (Lipinski definition) is 2. The summed E-state index contributed by atoms with van der Waals surface area (Å²) in [5, 5.41) is 2.59. The van der Waals surface area contributed by atoms with Crippen LogP contribution in [-0.2, 0) is 14.3 Å². The Morgan fingerprint density at radius 2 is 2.05 bits per heavy atom. The van der Waals surface area contributed by atoms with E-state index in [4.69, 9.17) is 10.5 Å². The summed E-state index contributed by atoms with van der Waals surface area (Å²) < 4.78 is 5.31. The van der Waals surface area contributed by atoms with E-state index in [0.29, 0.717) is 13.2 Å². The second-order valence-electron chi connectivity index (χ2n) is 5.29. The van der Waals surface area contributed by atoms with Crippen LogP contribution in [0.4, 0.5) is 0 Å². The maximum absolute atomic E-state index is 12.6. The third kappa shape index (κ3) is 3.06. The van der Waals surface area contributed by atoms with Crippen molar-refractivity contribution in [1.29, 1.82) is 0 Å². The Morgan fingerprint density at radius 1 is 1.32 bits per heavy atom. The van der Waals surface area contributed by atoms with E-state index in [2.05, 4.69) is 5.32 Å². The van der Waals surface area contributed by atoms with E-state index in [9.17, 15) is 9.59 Å². The summed E-state index contributed by atoms with van der Waals surface area (Å²) in [5.41, 5.74) is 6.06. The van der Waals surface area contributed by atoms with Crippen molar-refractivity contribution in [3.05, 3.63) is 0 Å². The minimum absolute atomic E-state index is 0.0177. The van der Waals surface area contributed by atoms with Gasteiger partial charge in [-0.15, -0.1) is 0 Å². The third-order valence-electron chi connectivity index (χ3n) is 4.10. The summed E-state index contributed by atoms with van der Waals surface area (Å²) in [5.74, 6) is -0.291. The molecule has 1 heterocycles. The zero-order valence-electron chi connectivity index (χ0n) is 11.4. The molecule has 19 heavy (non-hydrogen) atoms. The van der Waals surface area contributed by atoms with Crippen molar-refractivity contribution < 1.29 is 14.3 Å². The molecule has 6 heteroatoms. The number of nitrogens with two attached hydrogens (primary N) is 1. The Balaban J connectivity index is 2.08. The number of rotatable bonds is 2. The summed E-state index contributed by atoms with van der Waals surface area (Å²) in [7, 11) is 1.58. The lowest BCUT2D eigenvalue weighted by molar-refractivity contribution is -0.152. The molecule has 0 bridgehead atoms. The molecular weight excluding hydrogens is 246 g/mol. The van der Waals surface area contributed by atoms with Gasteiger partial charge < -0.3 is 20.7 Å². The minimum Gasteiger partial charge on any atom is -0.377 e. The Kier molecular flexibility index (Phi) is 4.76. The van der Waals surface area contributed by atoms with Crippen molar-refractivity contribution >= 4 is 11.8 Å². The summed E-state index contributed by atoms with van der Waals surface area (Å²) >= 11 is 0. The van der Waals surface area contributed by atoms with Gasteiger partial charge >= 0.3 is 0 Å². The van der Waals surface area contributed by atoms with Gasteiger partial charge in [-0.1, -0.05) is 12.8 Å². The zero-order chi connectivity index (χ0) is 13.8. The minimum atomic E-state index is -0.514. The maximum atomic E-state index is 12.6. The molecule has 2 aliphatic rings. The first-order valence-corrected chi connectivity index (χ1v) is 7.00. The molecule has 6 nitrogen and oxygen atoms in total. The average Bonchev–Trinajstić information content (AvgIpc) is 2.46. The molecule has 0 aromatic rings. The number of morpholine rings is 1. The second-order valence-corrected chi connectivity index (χ2v) is 5.29. The van der Waals surface area contributed by atoms with E-state index < -0.39 is 6.04 Å². The van der Waals surface area contributed by atoms with E-state index in [1.807, 2.05) is 0 Å². The largest absolute Gasteiger partial charge is 0.377 e. The van der Waals surface area contributed by atoms with Crippen LogP contribution >= 0.6 is 0 Å². The highest BCUT2D eigenvalue weighted by molar-refractivity contribution is 5.89. The average molecular weight is 269 g/mol. The molecule has 108 valence electrons. The summed E-state index contributed by atoms with van der Waals surface area (Å²) in [6.07, 6.45) is 3.86. The predicted molar refractivity (Wildman–Crippen MR) is 70.3 cm³/mol. The standard InChI is InChI=1S/C13H23N3O3/c1-15-12(17)11-8-19-7-6-16(11)13(18)9-4-2-3-5-10(9)14/h9-11H,2-8,14H2,1H3,(H,15,17). The quantitative estimate of drug-likeness (QED) is 0.706. The van der Waals surface area contributed by atoms with E-state index in [-0.39, 0.29) is 30.4 Å². The molecule has 1 saturated carbocycles. The fourth-order valence-corrected chi connectivity index (χ4v) is 2.93. The monoisotopic (exact) mass is 269 g/mol. The topological polar surface area (TPSA) is 84.7 Å². The number of nitrogens with one attached hydrogen (secondary N) is 1. The van der Waals surface area contributed by atoms with E-state index >= 15 is 0 Å². The number of nitrogens with zero attached hydrogens (tertiary/aromatic N) is 1. The van der Waals surface area contributed by atoms with Crippen LogP contribution in [0.25, 0.3) is 0 Å². The number of hydrogen-bond acceptors (Lipinski definition) is 4. The number of carbonyl (C=O) groups excluding carboxylic acids is 2. The van der Waals surface area contributed by atoms with Crippen LogP contribution in [0.5, 0.6) is 0 Å². The summed E-state index contributed by atoms with van der Waals surface area (Å²) in [4.78, 5) is 26.1. The molecule has 2 fully saturated rings. The molecule has 3 atom stereocenters. The highest BCUT2D eigenvalue weighted by Gasteiger charge is 2.38. The molecule has 3 N–H and O–H groups in total. The first-order valence-electron chi connectivity index (χ1n) is 7.00. The van der Waals surface area contributed by atoms with E-state index in [0.717, 1.165) is 25.7 Å². The predicted octanol–water partition coefficient (Wildman–Crippen LogP) is -0.523. The van der Waals surface area contributed by atoms with Gasteiger partial charge in [-0.2, -0.15) is 0 Å². The Bertz CT molecular complexity index is 348. The van der Waals surface area contributed by atoms with Crippen LogP contribution in [0.2, 0.25) is 0 Å². The molecular formula is C13H23N3O3. The van der Waals surface area contributed by atoms with E-state index in [1.54, 1.807) is 11.9 Å². The van der Waals surface area contributed by atoms with Gasteiger partial charge in [0.1, 0.15) is 6.04 Å². The van der Waals surface area contributed by atoms with Crippen molar-refractivity contribution in [2.75, 3.05) is 26.8 Å². The third-order valence-corrected chi connectivity index (χ3v) is 4.10. The lowest BCUT2D eigenvalue weighted by atomic mass is 9.84. The Hall–Kier alpha value is -1.14. The van der Waals surface area contributed by atoms with Gasteiger partial charge in [-0.25, -0.2) is 0 Å². The maximum Gasteiger partial charge on any atom is 0.244 e. The molecule has 3 unspecified atom stereocenters. The Morgan fingerprint density at radius 3 is 2.74 bits per heavy atom. The van der Waals surface area contributed by atoms with Crippen molar-refractivity contribution in [2.45, 2.75) is 37.8 Å². The molecule has 1 aliphatic carbocycles. The zero-order valence-corrected chi connectivity index (χ0v) is 11.4. The van der Waals surface area contributed by atoms with Gasteiger partial charge in [0.25, 0.3) is 0 Å². The van der Waals surface area contributed by atoms with Gasteiger partial charge in [-0.3, -0.25) is 9.59 Å². The van der Waals surface area contributed by atoms with Gasteiger partial charge in [0, 0.05) is 19.6 Å². The van der Waals surface area contributed by atoms with Crippen LogP contribution in [0, 0.1) is 5.92 Å². The second kappa shape index (κ2) is 6.34. The molecule has 0 radical (unpaired) electrons. The summed E-state index contributed by atoms with van der Waals surface area (Å²) in [6.45, 7) is 1.23. The number of likely N-dealkylation sites (N-methyl/N-ethyl adjacent to an activating group) is 1. The normalized spacial score (nSPS) is 31.9.